The van der Waals surface area contributed by atoms with Gasteiger partial charge in [-0.2, -0.15) is 0 Å². The maximum atomic E-state index is 4.02. The highest BCUT2D eigenvalue weighted by Crippen LogP contribution is 2.48. The van der Waals surface area contributed by atoms with Gasteiger partial charge in [0.05, 0.1) is 0 Å². The molecule has 2 aliphatic carbocycles. The summed E-state index contributed by atoms with van der Waals surface area (Å²) in [6.07, 6.45) is 0. The quantitative estimate of drug-likeness (QED) is 0.410. The van der Waals surface area contributed by atoms with E-state index in [0.717, 1.165) is 0 Å². The standard InChI is InChI=1S/C28H44N2Si2/c1-17-18(2)22(6)27(21(17)5)31(9,10)29-25-14-13-15-26(16-25)30-32(11,12)28-23(7)19(3)20(4)24(28)8/h13-16,27-30H,1-12H3. The molecule has 0 fully saturated rings. The van der Waals surface area contributed by atoms with Gasteiger partial charge in [0.25, 0.3) is 0 Å². The van der Waals surface area contributed by atoms with Crippen LogP contribution in [0.4, 0.5) is 11.4 Å². The maximum Gasteiger partial charge on any atom is 0.158 e. The lowest BCUT2D eigenvalue weighted by Crippen LogP contribution is -2.43. The van der Waals surface area contributed by atoms with Crippen molar-refractivity contribution in [2.75, 3.05) is 9.96 Å². The number of anilines is 2. The summed E-state index contributed by atoms with van der Waals surface area (Å²) in [5.74, 6) is 0. The summed E-state index contributed by atoms with van der Waals surface area (Å²) in [6.45, 7) is 28.4. The molecule has 32 heavy (non-hydrogen) atoms. The third-order valence-electron chi connectivity index (χ3n) is 8.46. The summed E-state index contributed by atoms with van der Waals surface area (Å²) >= 11 is 0. The topological polar surface area (TPSA) is 24.1 Å². The molecule has 0 aliphatic heterocycles. The Labute approximate surface area is 199 Å². The van der Waals surface area contributed by atoms with Crippen LogP contribution in [-0.4, -0.2) is 16.5 Å². The predicted molar refractivity (Wildman–Crippen MR) is 150 cm³/mol. The third kappa shape index (κ3) is 4.24. The lowest BCUT2D eigenvalue weighted by Gasteiger charge is -2.35. The van der Waals surface area contributed by atoms with Crippen molar-refractivity contribution in [1.29, 1.82) is 0 Å². The van der Waals surface area contributed by atoms with Gasteiger partial charge in [-0.05, 0) is 95.9 Å². The lowest BCUT2D eigenvalue weighted by molar-refractivity contribution is 1.06. The summed E-state index contributed by atoms with van der Waals surface area (Å²) in [7, 11) is -3.53. The smallest absolute Gasteiger partial charge is 0.158 e. The van der Waals surface area contributed by atoms with E-state index in [4.69, 9.17) is 0 Å². The van der Waals surface area contributed by atoms with Gasteiger partial charge >= 0.3 is 0 Å². The fourth-order valence-electron chi connectivity index (χ4n) is 6.43. The first-order valence-corrected chi connectivity index (χ1v) is 18.2. The van der Waals surface area contributed by atoms with Crippen molar-refractivity contribution in [2.24, 2.45) is 0 Å². The minimum atomic E-state index is -1.77. The summed E-state index contributed by atoms with van der Waals surface area (Å²) in [4.78, 5) is 8.03. The molecule has 4 heteroatoms. The Morgan fingerprint density at radius 2 is 0.812 bits per heavy atom. The van der Waals surface area contributed by atoms with Gasteiger partial charge in [0.2, 0.25) is 0 Å². The fraction of sp³-hybridized carbons (Fsp3) is 0.500. The molecule has 2 nitrogen and oxygen atoms in total. The number of rotatable bonds is 6. The van der Waals surface area contributed by atoms with Crippen LogP contribution in [0.1, 0.15) is 55.4 Å². The molecular formula is C28H44N2Si2. The second-order valence-corrected chi connectivity index (χ2v) is 19.9. The predicted octanol–water partition coefficient (Wildman–Crippen LogP) is 9.03. The molecule has 0 spiro atoms. The number of nitrogens with one attached hydrogen (secondary N) is 2. The van der Waals surface area contributed by atoms with Gasteiger partial charge in [-0.1, -0.05) is 54.5 Å². The van der Waals surface area contributed by atoms with E-state index in [0.29, 0.717) is 11.1 Å². The normalized spacial score (nSPS) is 19.1. The molecule has 0 bridgehead atoms. The Kier molecular flexibility index (Phi) is 6.62. The molecule has 3 rings (SSSR count). The van der Waals surface area contributed by atoms with Crippen LogP contribution in [-0.2, 0) is 0 Å². The van der Waals surface area contributed by atoms with Crippen molar-refractivity contribution in [3.05, 3.63) is 68.9 Å². The van der Waals surface area contributed by atoms with Crippen molar-refractivity contribution in [3.8, 4) is 0 Å². The number of hydrogen-bond donors (Lipinski definition) is 2. The first-order valence-electron chi connectivity index (χ1n) is 12.1. The summed E-state index contributed by atoms with van der Waals surface area (Å²) < 4.78 is 0. The Hall–Kier alpha value is -1.79. The summed E-state index contributed by atoms with van der Waals surface area (Å²) in [5, 5.41) is 0. The summed E-state index contributed by atoms with van der Waals surface area (Å²) in [6, 6.07) is 9.01. The molecule has 0 heterocycles. The molecular weight excluding hydrogens is 420 g/mol. The molecule has 0 amide bonds. The monoisotopic (exact) mass is 464 g/mol. The van der Waals surface area contributed by atoms with E-state index >= 15 is 0 Å². The minimum absolute atomic E-state index is 0.565. The molecule has 2 aliphatic rings. The van der Waals surface area contributed by atoms with Gasteiger partial charge < -0.3 is 9.96 Å². The van der Waals surface area contributed by atoms with Crippen LogP contribution in [0.25, 0.3) is 0 Å². The highest BCUT2D eigenvalue weighted by molar-refractivity contribution is 6.83. The molecule has 174 valence electrons. The second-order valence-electron chi connectivity index (χ2n) is 11.4. The van der Waals surface area contributed by atoms with E-state index in [-0.39, 0.29) is 0 Å². The zero-order valence-corrected chi connectivity index (χ0v) is 24.5. The molecule has 0 saturated carbocycles. The minimum Gasteiger partial charge on any atom is -0.410 e. The maximum absolute atomic E-state index is 4.02. The van der Waals surface area contributed by atoms with Crippen LogP contribution in [0.2, 0.25) is 37.3 Å². The molecule has 0 unspecified atom stereocenters. The highest BCUT2D eigenvalue weighted by atomic mass is 28.3. The van der Waals surface area contributed by atoms with Crippen molar-refractivity contribution in [1.82, 2.24) is 0 Å². The fourth-order valence-corrected chi connectivity index (χ4v) is 13.7. The average Bonchev–Trinajstić information content (AvgIpc) is 3.01. The lowest BCUT2D eigenvalue weighted by atomic mass is 10.1. The van der Waals surface area contributed by atoms with E-state index < -0.39 is 16.5 Å². The SMILES string of the molecule is CC1=C(C)C([Si](C)(C)Nc2cccc(N[Si](C)(C)C3C(C)=C(C)C(C)=C3C)c2)C(C)=C1C. The van der Waals surface area contributed by atoms with E-state index in [1.165, 1.54) is 33.7 Å². The van der Waals surface area contributed by atoms with E-state index in [1.54, 1.807) is 22.3 Å². The van der Waals surface area contributed by atoms with Gasteiger partial charge in [0, 0.05) is 22.5 Å². The molecule has 2 N–H and O–H groups in total. The van der Waals surface area contributed by atoms with Crippen LogP contribution in [0.3, 0.4) is 0 Å². The Morgan fingerprint density at radius 3 is 1.09 bits per heavy atom. The molecule has 1 aromatic carbocycles. The zero-order valence-electron chi connectivity index (χ0n) is 22.5. The molecule has 0 saturated heterocycles. The first kappa shape index (κ1) is 24.8. The van der Waals surface area contributed by atoms with E-state index in [9.17, 15) is 0 Å². The van der Waals surface area contributed by atoms with Crippen LogP contribution < -0.4 is 9.96 Å². The Balaban J connectivity index is 1.84. The van der Waals surface area contributed by atoms with Gasteiger partial charge in [-0.3, -0.25) is 0 Å². The molecule has 0 aromatic heterocycles. The number of allylic oxidation sites excluding steroid dienone is 8. The second kappa shape index (κ2) is 8.53. The van der Waals surface area contributed by atoms with Crippen molar-refractivity contribution < 1.29 is 0 Å². The molecule has 0 atom stereocenters. The molecule has 0 radical (unpaired) electrons. The number of hydrogen-bond acceptors (Lipinski definition) is 2. The van der Waals surface area contributed by atoms with Gasteiger partial charge in [-0.15, -0.1) is 0 Å². The van der Waals surface area contributed by atoms with Gasteiger partial charge in [0.15, 0.2) is 16.5 Å². The van der Waals surface area contributed by atoms with Crippen LogP contribution in [0.15, 0.2) is 68.9 Å². The van der Waals surface area contributed by atoms with Crippen molar-refractivity contribution in [2.45, 2.75) is 92.7 Å². The van der Waals surface area contributed by atoms with Gasteiger partial charge in [-0.25, -0.2) is 0 Å². The Morgan fingerprint density at radius 1 is 0.531 bits per heavy atom. The van der Waals surface area contributed by atoms with Crippen LogP contribution in [0, 0.1) is 0 Å². The highest BCUT2D eigenvalue weighted by Gasteiger charge is 2.40. The number of benzene rings is 1. The molecule has 1 aromatic rings. The van der Waals surface area contributed by atoms with Crippen molar-refractivity contribution >= 4 is 27.8 Å². The largest absolute Gasteiger partial charge is 0.410 e. The van der Waals surface area contributed by atoms with Crippen molar-refractivity contribution in [3.63, 3.8) is 0 Å². The summed E-state index contributed by atoms with van der Waals surface area (Å²) in [5.41, 5.74) is 15.8. The van der Waals surface area contributed by atoms with E-state index in [2.05, 4.69) is 116 Å². The van der Waals surface area contributed by atoms with E-state index in [1.807, 2.05) is 0 Å². The third-order valence-corrected chi connectivity index (χ3v) is 14.9. The average molecular weight is 465 g/mol. The van der Waals surface area contributed by atoms with Crippen LogP contribution in [0.5, 0.6) is 0 Å². The Bertz CT molecular complexity index is 937. The van der Waals surface area contributed by atoms with Gasteiger partial charge in [0.1, 0.15) is 0 Å². The zero-order chi connectivity index (χ0) is 24.2. The first-order chi connectivity index (χ1) is 14.7. The van der Waals surface area contributed by atoms with Crippen LogP contribution >= 0.6 is 0 Å².